The van der Waals surface area contributed by atoms with Crippen LogP contribution >= 0.6 is 0 Å². The van der Waals surface area contributed by atoms with Crippen molar-refractivity contribution in [2.24, 2.45) is 0 Å². The van der Waals surface area contributed by atoms with Crippen molar-refractivity contribution in [1.82, 2.24) is 15.2 Å². The molecule has 2 N–H and O–H groups in total. The van der Waals surface area contributed by atoms with Crippen LogP contribution in [0.3, 0.4) is 0 Å². The van der Waals surface area contributed by atoms with Crippen molar-refractivity contribution >= 4 is 10.0 Å². The number of nitrogens with zero attached hydrogens (tertiary/aromatic N) is 1. The third-order valence-electron chi connectivity index (χ3n) is 2.42. The number of benzene rings is 1. The average molecular weight is 241 g/mol. The van der Waals surface area contributed by atoms with Gasteiger partial charge in [-0.25, -0.2) is 13.4 Å². The van der Waals surface area contributed by atoms with E-state index in [-0.39, 0.29) is 0 Å². The Morgan fingerprint density at radius 3 is 2.62 bits per heavy atom. The van der Waals surface area contributed by atoms with Crippen molar-refractivity contribution in [2.45, 2.75) is 18.0 Å². The summed E-state index contributed by atoms with van der Waals surface area (Å²) in [7, 11) is -0.142. The molecule has 1 aromatic rings. The first kappa shape index (κ1) is 11.5. The van der Waals surface area contributed by atoms with Crippen LogP contribution in [0.25, 0.3) is 0 Å². The molecule has 5 nitrogen and oxygen atoms in total. The molecule has 0 bridgehead atoms. The third-order valence-corrected chi connectivity index (χ3v) is 3.90. The zero-order valence-electron chi connectivity index (χ0n) is 9.32. The Kier molecular flexibility index (Phi) is 2.98. The number of hydrogen-bond donors (Lipinski definition) is 2. The predicted molar refractivity (Wildman–Crippen MR) is 61.0 cm³/mol. The summed E-state index contributed by atoms with van der Waals surface area (Å²) in [5.74, 6) is 0. The lowest BCUT2D eigenvalue weighted by atomic mass is 10.1. The van der Waals surface area contributed by atoms with E-state index in [0.717, 1.165) is 18.7 Å². The zero-order valence-corrected chi connectivity index (χ0v) is 10.1. The van der Waals surface area contributed by atoms with E-state index in [1.807, 2.05) is 6.07 Å². The second-order valence-corrected chi connectivity index (χ2v) is 5.68. The Labute approximate surface area is 95.5 Å². The highest BCUT2D eigenvalue weighted by molar-refractivity contribution is 7.89. The average Bonchev–Trinajstić information content (AvgIpc) is 2.61. The molecule has 2 rings (SSSR count). The second kappa shape index (κ2) is 4.14. The monoisotopic (exact) mass is 241 g/mol. The van der Waals surface area contributed by atoms with Gasteiger partial charge < -0.3 is 5.32 Å². The smallest absolute Gasteiger partial charge is 0.253 e. The first-order valence-electron chi connectivity index (χ1n) is 5.01. The predicted octanol–water partition coefficient (Wildman–Crippen LogP) is 0.0447. The van der Waals surface area contributed by atoms with E-state index in [4.69, 9.17) is 0 Å². The number of hydrazine groups is 1. The highest BCUT2D eigenvalue weighted by atomic mass is 32.2. The largest absolute Gasteiger partial charge is 0.309 e. The van der Waals surface area contributed by atoms with Gasteiger partial charge in [0.2, 0.25) is 0 Å². The van der Waals surface area contributed by atoms with Crippen LogP contribution in [0.1, 0.15) is 11.1 Å². The van der Waals surface area contributed by atoms with Gasteiger partial charge in [0.1, 0.15) is 0 Å². The summed E-state index contributed by atoms with van der Waals surface area (Å²) in [6, 6.07) is 5.22. The fraction of sp³-hybridized carbons (Fsp3) is 0.400. The van der Waals surface area contributed by atoms with Gasteiger partial charge in [-0.1, -0.05) is 6.07 Å². The first-order valence-corrected chi connectivity index (χ1v) is 6.50. The lowest BCUT2D eigenvalue weighted by Crippen LogP contribution is -2.36. The molecule has 0 spiro atoms. The van der Waals surface area contributed by atoms with Crippen molar-refractivity contribution in [3.8, 4) is 0 Å². The van der Waals surface area contributed by atoms with Crippen molar-refractivity contribution in [3.63, 3.8) is 0 Å². The molecule has 0 unspecified atom stereocenters. The van der Waals surface area contributed by atoms with E-state index in [0.29, 0.717) is 4.90 Å². The van der Waals surface area contributed by atoms with Crippen LogP contribution in [0.2, 0.25) is 0 Å². The molecule has 0 fully saturated rings. The normalized spacial score (nSPS) is 15.4. The van der Waals surface area contributed by atoms with Gasteiger partial charge in [0.05, 0.1) is 4.90 Å². The molecule has 1 heterocycles. The fourth-order valence-corrected chi connectivity index (χ4v) is 2.86. The van der Waals surface area contributed by atoms with Crippen LogP contribution in [0.15, 0.2) is 23.1 Å². The van der Waals surface area contributed by atoms with Crippen LogP contribution in [0.4, 0.5) is 0 Å². The molecule has 0 aromatic heterocycles. The summed E-state index contributed by atoms with van der Waals surface area (Å²) in [6.07, 6.45) is 0. The van der Waals surface area contributed by atoms with E-state index < -0.39 is 10.0 Å². The van der Waals surface area contributed by atoms with Gasteiger partial charge in [-0.2, -0.15) is 0 Å². The highest BCUT2D eigenvalue weighted by Crippen LogP contribution is 2.19. The molecule has 0 saturated heterocycles. The summed E-state index contributed by atoms with van der Waals surface area (Å²) in [6.45, 7) is 1.55. The summed E-state index contributed by atoms with van der Waals surface area (Å²) in [4.78, 5) is 2.72. The standard InChI is InChI=1S/C10H15N3O2S/c1-13(2)12-16(14,15)10-4-3-8-6-11-7-9(8)5-10/h3-5,11-12H,6-7H2,1-2H3. The highest BCUT2D eigenvalue weighted by Gasteiger charge is 2.18. The number of nitrogens with one attached hydrogen (secondary N) is 2. The van der Waals surface area contributed by atoms with Crippen molar-refractivity contribution in [2.75, 3.05) is 14.1 Å². The lowest BCUT2D eigenvalue weighted by Gasteiger charge is -2.13. The minimum atomic E-state index is -3.43. The topological polar surface area (TPSA) is 61.4 Å². The SMILES string of the molecule is CN(C)NS(=O)(=O)c1ccc2c(c1)CNC2. The summed E-state index contributed by atoms with van der Waals surface area (Å²) in [5, 5.41) is 4.60. The molecule has 0 amide bonds. The van der Waals surface area contributed by atoms with Gasteiger partial charge in [0, 0.05) is 27.2 Å². The van der Waals surface area contributed by atoms with E-state index in [1.165, 1.54) is 10.6 Å². The Bertz CT molecular complexity index is 497. The van der Waals surface area contributed by atoms with Crippen LogP contribution in [-0.4, -0.2) is 27.5 Å². The molecule has 88 valence electrons. The van der Waals surface area contributed by atoms with E-state index >= 15 is 0 Å². The molecular formula is C10H15N3O2S. The van der Waals surface area contributed by atoms with Crippen molar-refractivity contribution in [1.29, 1.82) is 0 Å². The third kappa shape index (κ3) is 2.25. The molecule has 16 heavy (non-hydrogen) atoms. The Morgan fingerprint density at radius 2 is 1.94 bits per heavy atom. The van der Waals surface area contributed by atoms with E-state index in [9.17, 15) is 8.42 Å². The van der Waals surface area contributed by atoms with Gasteiger partial charge in [-0.3, -0.25) is 0 Å². The minimum Gasteiger partial charge on any atom is -0.309 e. The summed E-state index contributed by atoms with van der Waals surface area (Å²) >= 11 is 0. The summed E-state index contributed by atoms with van der Waals surface area (Å²) in [5.41, 5.74) is 2.23. The van der Waals surface area contributed by atoms with E-state index in [1.54, 1.807) is 26.2 Å². The van der Waals surface area contributed by atoms with Gasteiger partial charge in [0.15, 0.2) is 0 Å². The van der Waals surface area contributed by atoms with Crippen molar-refractivity contribution < 1.29 is 8.42 Å². The minimum absolute atomic E-state index is 0.309. The molecule has 1 aromatic carbocycles. The maximum Gasteiger partial charge on any atom is 0.253 e. The van der Waals surface area contributed by atoms with Gasteiger partial charge >= 0.3 is 0 Å². The maximum atomic E-state index is 11.9. The number of fused-ring (bicyclic) bond motifs is 1. The molecule has 6 heteroatoms. The number of rotatable bonds is 3. The fourth-order valence-electron chi connectivity index (χ4n) is 1.73. The maximum absolute atomic E-state index is 11.9. The summed E-state index contributed by atoms with van der Waals surface area (Å²) < 4.78 is 23.7. The molecule has 0 atom stereocenters. The molecule has 0 aliphatic carbocycles. The molecule has 0 radical (unpaired) electrons. The second-order valence-electron chi connectivity index (χ2n) is 4.02. The Morgan fingerprint density at radius 1 is 1.25 bits per heavy atom. The Balaban J connectivity index is 2.34. The number of hydrogen-bond acceptors (Lipinski definition) is 4. The van der Waals surface area contributed by atoms with Gasteiger partial charge in [-0.15, -0.1) is 4.83 Å². The van der Waals surface area contributed by atoms with Crippen LogP contribution in [0, 0.1) is 0 Å². The first-order chi connectivity index (χ1) is 7.49. The molecular weight excluding hydrogens is 226 g/mol. The number of sulfonamides is 1. The van der Waals surface area contributed by atoms with Crippen LogP contribution in [0.5, 0.6) is 0 Å². The van der Waals surface area contributed by atoms with Crippen molar-refractivity contribution in [3.05, 3.63) is 29.3 Å². The van der Waals surface area contributed by atoms with Crippen LogP contribution in [-0.2, 0) is 23.1 Å². The lowest BCUT2D eigenvalue weighted by molar-refractivity contribution is 0.364. The molecule has 1 aliphatic rings. The quantitative estimate of drug-likeness (QED) is 0.734. The zero-order chi connectivity index (χ0) is 11.8. The van der Waals surface area contributed by atoms with Crippen LogP contribution < -0.4 is 10.1 Å². The van der Waals surface area contributed by atoms with E-state index in [2.05, 4.69) is 10.1 Å². The molecule has 0 saturated carbocycles. The Hall–Kier alpha value is -0.950. The molecule has 1 aliphatic heterocycles. The van der Waals surface area contributed by atoms with Gasteiger partial charge in [0.25, 0.3) is 10.0 Å². The van der Waals surface area contributed by atoms with Gasteiger partial charge in [-0.05, 0) is 23.3 Å².